The molecule has 0 aliphatic carbocycles. The van der Waals surface area contributed by atoms with Gasteiger partial charge < -0.3 is 4.79 Å². The van der Waals surface area contributed by atoms with Gasteiger partial charge in [-0.3, -0.25) is 0 Å². The normalized spacial score (nSPS) is 12.9. The number of hydrogen-bond acceptors (Lipinski definition) is 4. The maximum absolute atomic E-state index is 10.4. The van der Waals surface area contributed by atoms with Gasteiger partial charge in [-0.2, -0.15) is 0 Å². The van der Waals surface area contributed by atoms with E-state index in [0.29, 0.717) is 6.42 Å². The molecule has 0 aliphatic heterocycles. The van der Waals surface area contributed by atoms with Gasteiger partial charge in [0.1, 0.15) is 11.8 Å². The topological polar surface area (TPSA) is 42.9 Å². The van der Waals surface area contributed by atoms with Crippen LogP contribution in [-0.2, 0) is 4.79 Å². The minimum atomic E-state index is 0.277. The fraction of sp³-hybridized carbons (Fsp3) is 0.300. The number of aromatic nitrogens is 2. The molecule has 72 valence electrons. The zero-order valence-corrected chi connectivity index (χ0v) is 8.62. The second kappa shape index (κ2) is 3.84. The predicted molar refractivity (Wildman–Crippen MR) is 56.5 cm³/mol. The lowest BCUT2D eigenvalue weighted by molar-refractivity contribution is -0.108. The first-order valence-corrected chi connectivity index (χ1v) is 5.24. The number of carbonyl (C=O) groups excluding carboxylic acids is 1. The average Bonchev–Trinajstić information content (AvgIpc) is 2.64. The molecule has 0 saturated carbocycles. The third-order valence-electron chi connectivity index (χ3n) is 2.29. The van der Waals surface area contributed by atoms with Gasteiger partial charge in [0.25, 0.3) is 0 Å². The minimum Gasteiger partial charge on any atom is -0.303 e. The standard InChI is InChI=1S/C10H10N2OS/c1-7(4-5-13)8-2-3-9-10(6-8)14-12-11-9/h2-3,5-7H,4H2,1H3. The van der Waals surface area contributed by atoms with Crippen LogP contribution < -0.4 is 0 Å². The Morgan fingerprint density at radius 3 is 3.21 bits per heavy atom. The Morgan fingerprint density at radius 2 is 2.43 bits per heavy atom. The lowest BCUT2D eigenvalue weighted by atomic mass is 9.98. The first kappa shape index (κ1) is 9.27. The Bertz CT molecular complexity index is 452. The van der Waals surface area contributed by atoms with Crippen LogP contribution in [0.2, 0.25) is 0 Å². The van der Waals surface area contributed by atoms with Crippen LogP contribution in [0.5, 0.6) is 0 Å². The summed E-state index contributed by atoms with van der Waals surface area (Å²) in [4.78, 5) is 10.4. The highest BCUT2D eigenvalue weighted by atomic mass is 32.1. The van der Waals surface area contributed by atoms with Crippen LogP contribution in [0.15, 0.2) is 18.2 Å². The molecule has 3 nitrogen and oxygen atoms in total. The summed E-state index contributed by atoms with van der Waals surface area (Å²) in [5.74, 6) is 0.277. The molecule has 2 rings (SSSR count). The SMILES string of the molecule is CC(CC=O)c1ccc2nnsc2c1. The van der Waals surface area contributed by atoms with E-state index < -0.39 is 0 Å². The van der Waals surface area contributed by atoms with Gasteiger partial charge in [-0.1, -0.05) is 17.5 Å². The fourth-order valence-corrected chi connectivity index (χ4v) is 1.99. The van der Waals surface area contributed by atoms with E-state index in [1.54, 1.807) is 0 Å². The third kappa shape index (κ3) is 1.65. The van der Waals surface area contributed by atoms with Gasteiger partial charge in [0.05, 0.1) is 4.70 Å². The van der Waals surface area contributed by atoms with Crippen LogP contribution >= 0.6 is 11.5 Å². The molecular formula is C10H10N2OS. The van der Waals surface area contributed by atoms with E-state index in [1.165, 1.54) is 17.1 Å². The first-order chi connectivity index (χ1) is 6.81. The summed E-state index contributed by atoms with van der Waals surface area (Å²) in [6.07, 6.45) is 1.53. The average molecular weight is 206 g/mol. The van der Waals surface area contributed by atoms with Gasteiger partial charge in [0, 0.05) is 6.42 Å². The highest BCUT2D eigenvalue weighted by molar-refractivity contribution is 7.12. The number of hydrogen-bond donors (Lipinski definition) is 0. The summed E-state index contributed by atoms with van der Waals surface area (Å²) < 4.78 is 4.95. The molecule has 1 atom stereocenters. The molecule has 0 bridgehead atoms. The summed E-state index contributed by atoms with van der Waals surface area (Å²) in [5.41, 5.74) is 2.10. The Hall–Kier alpha value is -1.29. The Labute approximate surface area is 85.9 Å². The van der Waals surface area contributed by atoms with Crippen LogP contribution in [0, 0.1) is 0 Å². The van der Waals surface area contributed by atoms with Crippen molar-refractivity contribution < 1.29 is 4.79 Å². The molecule has 0 aliphatic rings. The molecule has 0 amide bonds. The number of fused-ring (bicyclic) bond motifs is 1. The fourth-order valence-electron chi connectivity index (χ4n) is 1.38. The highest BCUT2D eigenvalue weighted by Crippen LogP contribution is 2.23. The zero-order valence-electron chi connectivity index (χ0n) is 7.80. The van der Waals surface area contributed by atoms with Crippen LogP contribution in [0.25, 0.3) is 10.2 Å². The second-order valence-electron chi connectivity index (χ2n) is 3.30. The Balaban J connectivity index is 2.38. The van der Waals surface area contributed by atoms with Crippen molar-refractivity contribution >= 4 is 28.0 Å². The maximum Gasteiger partial charge on any atom is 0.120 e. The van der Waals surface area contributed by atoms with Crippen molar-refractivity contribution in [3.05, 3.63) is 23.8 Å². The molecule has 0 radical (unpaired) electrons. The van der Waals surface area contributed by atoms with Gasteiger partial charge >= 0.3 is 0 Å². The van der Waals surface area contributed by atoms with Crippen molar-refractivity contribution in [2.75, 3.05) is 0 Å². The zero-order chi connectivity index (χ0) is 9.97. The van der Waals surface area contributed by atoms with Crippen LogP contribution in [0.3, 0.4) is 0 Å². The highest BCUT2D eigenvalue weighted by Gasteiger charge is 2.06. The van der Waals surface area contributed by atoms with Crippen LogP contribution in [-0.4, -0.2) is 15.9 Å². The molecule has 0 spiro atoms. The van der Waals surface area contributed by atoms with E-state index in [9.17, 15) is 4.79 Å². The van der Waals surface area contributed by atoms with Gasteiger partial charge in [-0.25, -0.2) is 0 Å². The molecule has 1 aromatic heterocycles. The molecule has 4 heteroatoms. The van der Waals surface area contributed by atoms with E-state index in [2.05, 4.69) is 15.7 Å². The van der Waals surface area contributed by atoms with Crippen molar-refractivity contribution in [1.82, 2.24) is 9.59 Å². The van der Waals surface area contributed by atoms with Crippen molar-refractivity contribution in [2.24, 2.45) is 0 Å². The number of nitrogens with zero attached hydrogens (tertiary/aromatic N) is 2. The van der Waals surface area contributed by atoms with Crippen molar-refractivity contribution in [3.63, 3.8) is 0 Å². The summed E-state index contributed by atoms with van der Waals surface area (Å²) in [5, 5.41) is 3.96. The van der Waals surface area contributed by atoms with E-state index >= 15 is 0 Å². The lowest BCUT2D eigenvalue weighted by Crippen LogP contribution is -1.93. The summed E-state index contributed by atoms with van der Waals surface area (Å²) >= 11 is 1.39. The van der Waals surface area contributed by atoms with Gasteiger partial charge in [0.2, 0.25) is 0 Å². The smallest absolute Gasteiger partial charge is 0.120 e. The minimum absolute atomic E-state index is 0.277. The van der Waals surface area contributed by atoms with E-state index in [1.807, 2.05) is 19.1 Å². The summed E-state index contributed by atoms with van der Waals surface area (Å²) in [7, 11) is 0. The predicted octanol–water partition coefficient (Wildman–Crippen LogP) is 2.38. The number of benzene rings is 1. The van der Waals surface area contributed by atoms with E-state index in [-0.39, 0.29) is 5.92 Å². The molecule has 0 saturated heterocycles. The second-order valence-corrected chi connectivity index (χ2v) is 4.09. The van der Waals surface area contributed by atoms with Gasteiger partial charge in [0.15, 0.2) is 0 Å². The quantitative estimate of drug-likeness (QED) is 0.724. The lowest BCUT2D eigenvalue weighted by Gasteiger charge is -2.06. The monoisotopic (exact) mass is 206 g/mol. The Kier molecular flexibility index (Phi) is 2.54. The number of rotatable bonds is 3. The van der Waals surface area contributed by atoms with Gasteiger partial charge in [-0.15, -0.1) is 5.10 Å². The van der Waals surface area contributed by atoms with Crippen molar-refractivity contribution in [2.45, 2.75) is 19.3 Å². The van der Waals surface area contributed by atoms with Crippen LogP contribution in [0.1, 0.15) is 24.8 Å². The number of carbonyl (C=O) groups is 1. The van der Waals surface area contributed by atoms with E-state index in [4.69, 9.17) is 0 Å². The molecule has 0 fully saturated rings. The largest absolute Gasteiger partial charge is 0.303 e. The number of aldehydes is 1. The molecule has 0 N–H and O–H groups in total. The Morgan fingerprint density at radius 1 is 1.57 bits per heavy atom. The molecule has 1 aromatic carbocycles. The van der Waals surface area contributed by atoms with Crippen molar-refractivity contribution in [1.29, 1.82) is 0 Å². The molecule has 2 aromatic rings. The molecule has 14 heavy (non-hydrogen) atoms. The van der Waals surface area contributed by atoms with Gasteiger partial charge in [-0.05, 0) is 35.1 Å². The third-order valence-corrected chi connectivity index (χ3v) is 2.98. The summed E-state index contributed by atoms with van der Waals surface area (Å²) in [6.45, 7) is 2.05. The van der Waals surface area contributed by atoms with Crippen molar-refractivity contribution in [3.8, 4) is 0 Å². The first-order valence-electron chi connectivity index (χ1n) is 4.47. The summed E-state index contributed by atoms with van der Waals surface area (Å²) in [6, 6.07) is 6.03. The molecule has 1 unspecified atom stereocenters. The molecular weight excluding hydrogens is 196 g/mol. The maximum atomic E-state index is 10.4. The van der Waals surface area contributed by atoms with Crippen LogP contribution in [0.4, 0.5) is 0 Å². The molecule has 1 heterocycles. The van der Waals surface area contributed by atoms with E-state index in [0.717, 1.165) is 16.5 Å².